The Hall–Kier alpha value is -2.14. The number of nitrogens with zero attached hydrogens (tertiary/aromatic N) is 2. The number of hydrogen-bond acceptors (Lipinski definition) is 3. The molecule has 0 aliphatic heterocycles. The molecule has 3 aromatic rings. The molecule has 0 fully saturated rings. The van der Waals surface area contributed by atoms with Crippen molar-refractivity contribution in [1.82, 2.24) is 9.38 Å². The van der Waals surface area contributed by atoms with Gasteiger partial charge in [-0.05, 0) is 55.4 Å². The number of carboxylic acids is 1. The monoisotopic (exact) mass is 326 g/mol. The van der Waals surface area contributed by atoms with Crippen molar-refractivity contribution in [2.24, 2.45) is 0 Å². The fraction of sp³-hybridized carbons (Fsp3) is 0.333. The molecule has 1 aliphatic carbocycles. The highest BCUT2D eigenvalue weighted by atomic mass is 32.1. The summed E-state index contributed by atoms with van der Waals surface area (Å²) >= 11 is 1.62. The van der Waals surface area contributed by atoms with Gasteiger partial charge in [-0.25, -0.2) is 4.98 Å². The minimum Gasteiger partial charge on any atom is -0.481 e. The van der Waals surface area contributed by atoms with Crippen molar-refractivity contribution in [2.75, 3.05) is 0 Å². The molecule has 1 N–H and O–H groups in total. The quantitative estimate of drug-likeness (QED) is 0.795. The van der Waals surface area contributed by atoms with Crippen LogP contribution in [0.3, 0.4) is 0 Å². The highest BCUT2D eigenvalue weighted by molar-refractivity contribution is 7.17. The summed E-state index contributed by atoms with van der Waals surface area (Å²) in [5.74, 6) is -0.845. The lowest BCUT2D eigenvalue weighted by molar-refractivity contribution is -0.136. The first-order valence-corrected chi connectivity index (χ1v) is 8.75. The number of carboxylic acid groups (broad SMARTS) is 1. The van der Waals surface area contributed by atoms with Crippen LogP contribution < -0.4 is 0 Å². The van der Waals surface area contributed by atoms with Gasteiger partial charge in [-0.15, -0.1) is 11.3 Å². The van der Waals surface area contributed by atoms with Crippen LogP contribution in [0.2, 0.25) is 0 Å². The fourth-order valence-corrected chi connectivity index (χ4v) is 4.45. The van der Waals surface area contributed by atoms with Gasteiger partial charge >= 0.3 is 5.97 Å². The predicted octanol–water partition coefficient (Wildman–Crippen LogP) is 3.88. The van der Waals surface area contributed by atoms with Gasteiger partial charge in [0.1, 0.15) is 0 Å². The molecule has 0 unspecified atom stereocenters. The van der Waals surface area contributed by atoms with Crippen molar-refractivity contribution in [3.8, 4) is 11.3 Å². The number of aryl methyl sites for hydroxylation is 3. The average Bonchev–Trinajstić information content (AvgIpc) is 3.01. The fourth-order valence-electron chi connectivity index (χ4n) is 3.46. The Labute approximate surface area is 138 Å². The Kier molecular flexibility index (Phi) is 3.45. The molecular formula is C18H18N2O2S. The molecule has 23 heavy (non-hydrogen) atoms. The van der Waals surface area contributed by atoms with E-state index in [1.54, 1.807) is 11.3 Å². The second kappa shape index (κ2) is 5.49. The van der Waals surface area contributed by atoms with Crippen LogP contribution in [0.25, 0.3) is 16.2 Å². The van der Waals surface area contributed by atoms with Crippen molar-refractivity contribution in [3.05, 3.63) is 46.1 Å². The van der Waals surface area contributed by atoms with Crippen molar-refractivity contribution < 1.29 is 9.90 Å². The number of aliphatic carboxylic acids is 1. The second-order valence-corrected chi connectivity index (χ2v) is 7.33. The molecule has 0 saturated carbocycles. The van der Waals surface area contributed by atoms with Crippen LogP contribution in [0.4, 0.5) is 0 Å². The summed E-state index contributed by atoms with van der Waals surface area (Å²) in [5.41, 5.74) is 5.89. The first-order valence-electron chi connectivity index (χ1n) is 7.93. The standard InChI is InChI=1S/C18H18N2O2S/c1-11-17(14-7-6-12-4-2-3-5-13(12)8-14)20-10-15(9-16(21)22)19-18(20)23-11/h6-8,10H,2-5,9H2,1H3,(H,21,22). The number of thiazole rings is 1. The maximum Gasteiger partial charge on any atom is 0.309 e. The Bertz CT molecular complexity index is 907. The zero-order chi connectivity index (χ0) is 16.0. The molecule has 118 valence electrons. The molecular weight excluding hydrogens is 308 g/mol. The third kappa shape index (κ3) is 2.55. The highest BCUT2D eigenvalue weighted by Crippen LogP contribution is 2.34. The number of hydrogen-bond donors (Lipinski definition) is 1. The van der Waals surface area contributed by atoms with Gasteiger partial charge in [0, 0.05) is 11.1 Å². The van der Waals surface area contributed by atoms with Gasteiger partial charge in [-0.3, -0.25) is 9.20 Å². The highest BCUT2D eigenvalue weighted by Gasteiger charge is 2.17. The summed E-state index contributed by atoms with van der Waals surface area (Å²) in [6, 6.07) is 6.75. The average molecular weight is 326 g/mol. The van der Waals surface area contributed by atoms with Crippen LogP contribution in [0, 0.1) is 6.92 Å². The number of imidazole rings is 1. The Morgan fingerprint density at radius 1 is 1.30 bits per heavy atom. The Balaban J connectivity index is 1.82. The lowest BCUT2D eigenvalue weighted by Crippen LogP contribution is -2.02. The maximum absolute atomic E-state index is 10.9. The summed E-state index contributed by atoms with van der Waals surface area (Å²) in [4.78, 5) is 17.4. The first kappa shape index (κ1) is 14.5. The maximum atomic E-state index is 10.9. The molecule has 1 aromatic carbocycles. The van der Waals surface area contributed by atoms with E-state index in [1.165, 1.54) is 40.8 Å². The van der Waals surface area contributed by atoms with Crippen LogP contribution in [-0.4, -0.2) is 20.5 Å². The molecule has 0 amide bonds. The molecule has 2 aromatic heterocycles. The summed E-state index contributed by atoms with van der Waals surface area (Å²) in [5, 5.41) is 8.96. The van der Waals surface area contributed by atoms with Crippen molar-refractivity contribution in [3.63, 3.8) is 0 Å². The van der Waals surface area contributed by atoms with Gasteiger partial charge < -0.3 is 5.11 Å². The molecule has 0 radical (unpaired) electrons. The minimum absolute atomic E-state index is 0.0307. The van der Waals surface area contributed by atoms with Crippen LogP contribution >= 0.6 is 11.3 Å². The van der Waals surface area contributed by atoms with Crippen LogP contribution in [-0.2, 0) is 24.1 Å². The largest absolute Gasteiger partial charge is 0.481 e. The number of aromatic nitrogens is 2. The number of fused-ring (bicyclic) bond motifs is 2. The van der Waals surface area contributed by atoms with E-state index in [0.717, 1.165) is 17.1 Å². The molecule has 2 heterocycles. The molecule has 4 nitrogen and oxygen atoms in total. The van der Waals surface area contributed by atoms with E-state index in [1.807, 2.05) is 10.6 Å². The lowest BCUT2D eigenvalue weighted by atomic mass is 9.90. The molecule has 0 saturated heterocycles. The minimum atomic E-state index is -0.845. The molecule has 1 aliphatic rings. The van der Waals surface area contributed by atoms with E-state index < -0.39 is 5.97 Å². The Morgan fingerprint density at radius 3 is 2.87 bits per heavy atom. The van der Waals surface area contributed by atoms with Crippen LogP contribution in [0.1, 0.15) is 34.5 Å². The number of benzene rings is 1. The zero-order valence-corrected chi connectivity index (χ0v) is 13.8. The van der Waals surface area contributed by atoms with Crippen LogP contribution in [0.15, 0.2) is 24.4 Å². The van der Waals surface area contributed by atoms with E-state index >= 15 is 0 Å². The van der Waals surface area contributed by atoms with Gasteiger partial charge in [0.25, 0.3) is 0 Å². The van der Waals surface area contributed by atoms with Gasteiger partial charge in [0.15, 0.2) is 4.96 Å². The molecule has 0 spiro atoms. The zero-order valence-electron chi connectivity index (χ0n) is 13.0. The molecule has 4 rings (SSSR count). The van der Waals surface area contributed by atoms with E-state index in [0.29, 0.717) is 5.69 Å². The lowest BCUT2D eigenvalue weighted by Gasteiger charge is -2.16. The van der Waals surface area contributed by atoms with Crippen molar-refractivity contribution >= 4 is 22.3 Å². The van der Waals surface area contributed by atoms with Crippen LogP contribution in [0.5, 0.6) is 0 Å². The molecule has 5 heteroatoms. The summed E-state index contributed by atoms with van der Waals surface area (Å²) in [6.07, 6.45) is 6.72. The Morgan fingerprint density at radius 2 is 2.09 bits per heavy atom. The smallest absolute Gasteiger partial charge is 0.309 e. The molecule has 0 atom stereocenters. The third-order valence-electron chi connectivity index (χ3n) is 4.50. The van der Waals surface area contributed by atoms with E-state index in [9.17, 15) is 4.79 Å². The van der Waals surface area contributed by atoms with E-state index in [4.69, 9.17) is 5.11 Å². The third-order valence-corrected chi connectivity index (χ3v) is 5.47. The molecule has 0 bridgehead atoms. The number of carbonyl (C=O) groups is 1. The van der Waals surface area contributed by atoms with E-state index in [-0.39, 0.29) is 6.42 Å². The van der Waals surface area contributed by atoms with Crippen molar-refractivity contribution in [2.45, 2.75) is 39.0 Å². The summed E-state index contributed by atoms with van der Waals surface area (Å²) in [7, 11) is 0. The van der Waals surface area contributed by atoms with Crippen molar-refractivity contribution in [1.29, 1.82) is 0 Å². The first-order chi connectivity index (χ1) is 11.1. The number of rotatable bonds is 3. The predicted molar refractivity (Wildman–Crippen MR) is 91.2 cm³/mol. The van der Waals surface area contributed by atoms with E-state index in [2.05, 4.69) is 30.1 Å². The van der Waals surface area contributed by atoms with Gasteiger partial charge in [0.05, 0.1) is 17.8 Å². The topological polar surface area (TPSA) is 54.6 Å². The SMILES string of the molecule is Cc1sc2nc(CC(=O)O)cn2c1-c1ccc2c(c1)CCCC2. The van der Waals surface area contributed by atoms with Gasteiger partial charge in [0.2, 0.25) is 0 Å². The van der Waals surface area contributed by atoms with Gasteiger partial charge in [-0.1, -0.05) is 12.1 Å². The second-order valence-electron chi connectivity index (χ2n) is 6.15. The van der Waals surface area contributed by atoms with Gasteiger partial charge in [-0.2, -0.15) is 0 Å². The summed E-state index contributed by atoms with van der Waals surface area (Å²) in [6.45, 7) is 2.10. The normalized spacial score (nSPS) is 14.1. The summed E-state index contributed by atoms with van der Waals surface area (Å²) < 4.78 is 2.04.